The first-order chi connectivity index (χ1) is 11.3. The van der Waals surface area contributed by atoms with Crippen LogP contribution in [0.25, 0.3) is 11.1 Å². The molecule has 1 aliphatic rings. The lowest BCUT2D eigenvalue weighted by atomic mass is 10.1. The molecule has 4 heteroatoms. The Hall–Kier alpha value is -2.49. The van der Waals surface area contributed by atoms with Gasteiger partial charge in [0.15, 0.2) is 5.96 Å². The van der Waals surface area contributed by atoms with Crippen molar-refractivity contribution in [2.24, 2.45) is 10.7 Å². The third kappa shape index (κ3) is 4.03. The molecule has 120 valence electrons. The lowest BCUT2D eigenvalue weighted by Crippen LogP contribution is -2.36. The van der Waals surface area contributed by atoms with Crippen molar-refractivity contribution in [3.05, 3.63) is 54.6 Å². The summed E-state index contributed by atoms with van der Waals surface area (Å²) in [5, 5.41) is 0. The van der Waals surface area contributed by atoms with Crippen LogP contribution in [-0.4, -0.2) is 37.1 Å². The number of hydrogen-bond donors (Lipinski definition) is 1. The van der Waals surface area contributed by atoms with E-state index in [4.69, 9.17) is 10.5 Å². The summed E-state index contributed by atoms with van der Waals surface area (Å²) in [6, 6.07) is 18.9. The van der Waals surface area contributed by atoms with E-state index in [1.165, 1.54) is 12.8 Å². The van der Waals surface area contributed by atoms with E-state index in [0.29, 0.717) is 25.2 Å². The van der Waals surface area contributed by atoms with Crippen LogP contribution in [0.5, 0.6) is 5.75 Å². The molecule has 0 aliphatic heterocycles. The maximum atomic E-state index is 5.98. The van der Waals surface area contributed by atoms with Gasteiger partial charge in [0.2, 0.25) is 0 Å². The van der Waals surface area contributed by atoms with Gasteiger partial charge in [-0.2, -0.15) is 0 Å². The van der Waals surface area contributed by atoms with Crippen LogP contribution in [0.1, 0.15) is 12.8 Å². The van der Waals surface area contributed by atoms with Gasteiger partial charge < -0.3 is 15.4 Å². The summed E-state index contributed by atoms with van der Waals surface area (Å²) in [4.78, 5) is 6.45. The van der Waals surface area contributed by atoms with Gasteiger partial charge in [-0.25, -0.2) is 4.99 Å². The average Bonchev–Trinajstić information content (AvgIpc) is 3.44. The van der Waals surface area contributed by atoms with Crippen molar-refractivity contribution in [3.8, 4) is 16.9 Å². The van der Waals surface area contributed by atoms with Crippen molar-refractivity contribution < 1.29 is 4.74 Å². The van der Waals surface area contributed by atoms with Gasteiger partial charge in [-0.3, -0.25) is 0 Å². The summed E-state index contributed by atoms with van der Waals surface area (Å²) in [5.74, 6) is 1.48. The smallest absolute Gasteiger partial charge is 0.191 e. The van der Waals surface area contributed by atoms with Crippen molar-refractivity contribution in [2.45, 2.75) is 18.9 Å². The van der Waals surface area contributed by atoms with Crippen molar-refractivity contribution in [1.82, 2.24) is 4.90 Å². The highest BCUT2D eigenvalue weighted by atomic mass is 16.5. The largest absolute Gasteiger partial charge is 0.491 e. The summed E-state index contributed by atoms with van der Waals surface area (Å²) >= 11 is 0. The molecule has 23 heavy (non-hydrogen) atoms. The van der Waals surface area contributed by atoms with Gasteiger partial charge in [0.25, 0.3) is 0 Å². The fourth-order valence-corrected chi connectivity index (χ4v) is 2.52. The topological polar surface area (TPSA) is 50.8 Å². The summed E-state index contributed by atoms with van der Waals surface area (Å²) < 4.78 is 5.92. The maximum Gasteiger partial charge on any atom is 0.191 e. The first-order valence-electron chi connectivity index (χ1n) is 8.05. The number of nitrogens with two attached hydrogens (primary N) is 1. The van der Waals surface area contributed by atoms with Crippen molar-refractivity contribution in [3.63, 3.8) is 0 Å². The zero-order chi connectivity index (χ0) is 16.1. The molecule has 0 atom stereocenters. The summed E-state index contributed by atoms with van der Waals surface area (Å²) in [5.41, 5.74) is 8.23. The number of para-hydroxylation sites is 1. The van der Waals surface area contributed by atoms with E-state index in [2.05, 4.69) is 28.1 Å². The molecule has 0 saturated heterocycles. The molecular formula is C19H23N3O. The van der Waals surface area contributed by atoms with Crippen LogP contribution in [0.3, 0.4) is 0 Å². The quantitative estimate of drug-likeness (QED) is 0.507. The van der Waals surface area contributed by atoms with E-state index < -0.39 is 0 Å². The van der Waals surface area contributed by atoms with Gasteiger partial charge in [-0.15, -0.1) is 0 Å². The van der Waals surface area contributed by atoms with Crippen LogP contribution in [0.2, 0.25) is 0 Å². The number of hydrogen-bond acceptors (Lipinski definition) is 2. The molecule has 1 saturated carbocycles. The molecule has 0 heterocycles. The number of aliphatic imine (C=N–C) groups is 1. The second-order valence-electron chi connectivity index (χ2n) is 5.79. The molecule has 0 unspecified atom stereocenters. The molecule has 0 aromatic heterocycles. The Labute approximate surface area is 137 Å². The summed E-state index contributed by atoms with van der Waals surface area (Å²) in [6.45, 7) is 1.08. The fourth-order valence-electron chi connectivity index (χ4n) is 2.52. The average molecular weight is 309 g/mol. The van der Waals surface area contributed by atoms with Gasteiger partial charge in [-0.1, -0.05) is 48.5 Å². The lowest BCUT2D eigenvalue weighted by molar-refractivity contribution is 0.329. The molecule has 0 bridgehead atoms. The standard InChI is InChI=1S/C19H23N3O/c1-22(16-11-12-16)19(20)21-13-14-23-18-10-6-5-9-17(18)15-7-3-2-4-8-15/h2-10,16H,11-14H2,1H3,(H2,20,21). The third-order valence-corrected chi connectivity index (χ3v) is 4.05. The minimum Gasteiger partial charge on any atom is -0.491 e. The molecule has 2 aromatic rings. The Kier molecular flexibility index (Phi) is 4.81. The molecule has 2 aromatic carbocycles. The third-order valence-electron chi connectivity index (χ3n) is 4.05. The van der Waals surface area contributed by atoms with Crippen LogP contribution in [0, 0.1) is 0 Å². The number of guanidine groups is 1. The normalized spacial score (nSPS) is 14.6. The predicted molar refractivity (Wildman–Crippen MR) is 94.6 cm³/mol. The zero-order valence-corrected chi connectivity index (χ0v) is 13.5. The highest BCUT2D eigenvalue weighted by Crippen LogP contribution is 2.29. The van der Waals surface area contributed by atoms with Gasteiger partial charge in [-0.05, 0) is 24.5 Å². The highest BCUT2D eigenvalue weighted by molar-refractivity contribution is 5.78. The van der Waals surface area contributed by atoms with Crippen molar-refractivity contribution in [2.75, 3.05) is 20.2 Å². The SMILES string of the molecule is CN(C(N)=NCCOc1ccccc1-c1ccccc1)C1CC1. The lowest BCUT2D eigenvalue weighted by Gasteiger charge is -2.17. The minimum absolute atomic E-state index is 0.517. The molecular weight excluding hydrogens is 286 g/mol. The number of nitrogens with zero attached hydrogens (tertiary/aromatic N) is 2. The van der Waals surface area contributed by atoms with E-state index in [9.17, 15) is 0 Å². The number of rotatable bonds is 6. The molecule has 0 amide bonds. The fraction of sp³-hybridized carbons (Fsp3) is 0.316. The monoisotopic (exact) mass is 309 g/mol. The molecule has 1 aliphatic carbocycles. The van der Waals surface area contributed by atoms with Crippen LogP contribution in [-0.2, 0) is 0 Å². The minimum atomic E-state index is 0.517. The Bertz CT molecular complexity index is 665. The molecule has 3 rings (SSSR count). The Morgan fingerprint density at radius 2 is 1.83 bits per heavy atom. The van der Waals surface area contributed by atoms with Gasteiger partial charge in [0.05, 0.1) is 6.54 Å². The second-order valence-corrected chi connectivity index (χ2v) is 5.79. The van der Waals surface area contributed by atoms with Gasteiger partial charge in [0, 0.05) is 18.7 Å². The Morgan fingerprint density at radius 1 is 1.13 bits per heavy atom. The molecule has 1 fully saturated rings. The molecule has 0 radical (unpaired) electrons. The molecule has 4 nitrogen and oxygen atoms in total. The van der Waals surface area contributed by atoms with E-state index in [1.807, 2.05) is 43.4 Å². The van der Waals surface area contributed by atoms with Gasteiger partial charge in [0.1, 0.15) is 12.4 Å². The van der Waals surface area contributed by atoms with E-state index in [0.717, 1.165) is 16.9 Å². The number of benzene rings is 2. The summed E-state index contributed by atoms with van der Waals surface area (Å²) in [6.07, 6.45) is 2.43. The second kappa shape index (κ2) is 7.18. The van der Waals surface area contributed by atoms with Crippen LogP contribution < -0.4 is 10.5 Å². The first-order valence-corrected chi connectivity index (χ1v) is 8.05. The predicted octanol–water partition coefficient (Wildman–Crippen LogP) is 3.14. The first kappa shape index (κ1) is 15.4. The molecule has 0 spiro atoms. The zero-order valence-electron chi connectivity index (χ0n) is 13.5. The van der Waals surface area contributed by atoms with E-state index in [-0.39, 0.29) is 0 Å². The van der Waals surface area contributed by atoms with Crippen LogP contribution in [0.15, 0.2) is 59.6 Å². The van der Waals surface area contributed by atoms with E-state index >= 15 is 0 Å². The van der Waals surface area contributed by atoms with Crippen LogP contribution >= 0.6 is 0 Å². The Morgan fingerprint density at radius 3 is 2.57 bits per heavy atom. The summed E-state index contributed by atoms with van der Waals surface area (Å²) in [7, 11) is 2.00. The van der Waals surface area contributed by atoms with E-state index in [1.54, 1.807) is 0 Å². The highest BCUT2D eigenvalue weighted by Gasteiger charge is 2.27. The van der Waals surface area contributed by atoms with Crippen molar-refractivity contribution >= 4 is 5.96 Å². The number of ether oxygens (including phenoxy) is 1. The van der Waals surface area contributed by atoms with Crippen LogP contribution in [0.4, 0.5) is 0 Å². The maximum absolute atomic E-state index is 5.98. The molecule has 2 N–H and O–H groups in total. The van der Waals surface area contributed by atoms with Gasteiger partial charge >= 0.3 is 0 Å². The van der Waals surface area contributed by atoms with Crippen molar-refractivity contribution in [1.29, 1.82) is 0 Å². The Balaban J connectivity index is 1.59.